The van der Waals surface area contributed by atoms with Crippen LogP contribution in [-0.2, 0) is 11.3 Å². The van der Waals surface area contributed by atoms with Crippen LogP contribution in [-0.4, -0.2) is 46.3 Å². The number of nitrogens with zero attached hydrogens (tertiary/aromatic N) is 3. The van der Waals surface area contributed by atoms with E-state index in [2.05, 4.69) is 26.7 Å². The Labute approximate surface area is 112 Å². The highest BCUT2D eigenvalue weighted by Gasteiger charge is 2.34. The lowest BCUT2D eigenvalue weighted by atomic mass is 10.2. The smallest absolute Gasteiger partial charge is 0.134 e. The first-order valence-corrected chi connectivity index (χ1v) is 7.55. The van der Waals surface area contributed by atoms with Crippen LogP contribution in [0.5, 0.6) is 0 Å². The van der Waals surface area contributed by atoms with Gasteiger partial charge in [0.2, 0.25) is 0 Å². The van der Waals surface area contributed by atoms with Crippen molar-refractivity contribution in [2.75, 3.05) is 25.0 Å². The van der Waals surface area contributed by atoms with Crippen LogP contribution in [0.15, 0.2) is 0 Å². The van der Waals surface area contributed by atoms with Crippen LogP contribution in [0, 0.1) is 0 Å². The van der Waals surface area contributed by atoms with Gasteiger partial charge in [-0.1, -0.05) is 11.4 Å². The van der Waals surface area contributed by atoms with Crippen LogP contribution in [0.2, 0.25) is 0 Å². The van der Waals surface area contributed by atoms with Gasteiger partial charge in [0, 0.05) is 37.7 Å². The van der Waals surface area contributed by atoms with Crippen LogP contribution in [0.1, 0.15) is 31.9 Å². The summed E-state index contributed by atoms with van der Waals surface area (Å²) in [5.41, 5.74) is 1.09. The normalized spacial score (nSPS) is 27.6. The summed E-state index contributed by atoms with van der Waals surface area (Å²) in [5, 5.41) is 8.80. The Balaban J connectivity index is 1.60. The van der Waals surface area contributed by atoms with Crippen molar-refractivity contribution in [3.63, 3.8) is 0 Å². The minimum absolute atomic E-state index is 0.447. The molecule has 0 radical (unpaired) electrons. The molecular weight excluding hydrogens is 248 g/mol. The highest BCUT2D eigenvalue weighted by Crippen LogP contribution is 2.28. The molecule has 2 saturated heterocycles. The van der Waals surface area contributed by atoms with Gasteiger partial charge in [0.1, 0.15) is 10.7 Å². The van der Waals surface area contributed by atoms with Crippen molar-refractivity contribution in [1.82, 2.24) is 14.5 Å². The highest BCUT2D eigenvalue weighted by molar-refractivity contribution is 7.10. The molecular formula is C12H20N4OS. The van der Waals surface area contributed by atoms with E-state index in [1.807, 2.05) is 0 Å². The quantitative estimate of drug-likeness (QED) is 0.881. The van der Waals surface area contributed by atoms with Crippen molar-refractivity contribution in [3.05, 3.63) is 5.69 Å². The second kappa shape index (κ2) is 5.50. The molecule has 2 aliphatic rings. The summed E-state index contributed by atoms with van der Waals surface area (Å²) in [7, 11) is 0. The standard InChI is InChI=1S/C12H20N4OS/c1-2-5-13-12-11(14-15-18-12)8-16-6-9-3-4-10(7-16)17-9/h9-10,13H,2-8H2,1H3. The minimum atomic E-state index is 0.447. The average molecular weight is 268 g/mol. The maximum absolute atomic E-state index is 5.85. The number of anilines is 1. The van der Waals surface area contributed by atoms with E-state index in [4.69, 9.17) is 4.74 Å². The van der Waals surface area contributed by atoms with Gasteiger partial charge in [0.05, 0.1) is 12.2 Å². The van der Waals surface area contributed by atoms with E-state index in [9.17, 15) is 0 Å². The molecule has 18 heavy (non-hydrogen) atoms. The van der Waals surface area contributed by atoms with E-state index >= 15 is 0 Å². The molecule has 1 aromatic rings. The lowest BCUT2D eigenvalue weighted by molar-refractivity contribution is -0.0413. The SMILES string of the molecule is CCCNc1snnc1CN1CC2CCC(C1)O2. The molecule has 1 N–H and O–H groups in total. The van der Waals surface area contributed by atoms with Gasteiger partial charge in [-0.2, -0.15) is 0 Å². The van der Waals surface area contributed by atoms with Gasteiger partial charge in [-0.15, -0.1) is 5.10 Å². The van der Waals surface area contributed by atoms with E-state index in [1.165, 1.54) is 24.4 Å². The minimum Gasteiger partial charge on any atom is -0.374 e. The molecule has 0 aliphatic carbocycles. The molecule has 0 saturated carbocycles. The monoisotopic (exact) mass is 268 g/mol. The Bertz CT molecular complexity index is 385. The zero-order valence-electron chi connectivity index (χ0n) is 10.8. The third-order valence-corrected chi connectivity index (χ3v) is 4.31. The third-order valence-electron chi connectivity index (χ3n) is 3.58. The number of nitrogens with one attached hydrogen (secondary N) is 1. The summed E-state index contributed by atoms with van der Waals surface area (Å²) >= 11 is 1.47. The largest absolute Gasteiger partial charge is 0.374 e. The molecule has 0 amide bonds. The number of ether oxygens (including phenoxy) is 1. The molecule has 2 bridgehead atoms. The molecule has 2 fully saturated rings. The zero-order valence-corrected chi connectivity index (χ0v) is 11.6. The lowest BCUT2D eigenvalue weighted by Gasteiger charge is -2.31. The summed E-state index contributed by atoms with van der Waals surface area (Å²) in [6.07, 6.45) is 4.46. The van der Waals surface area contributed by atoms with Crippen LogP contribution < -0.4 is 5.32 Å². The molecule has 5 nitrogen and oxygen atoms in total. The van der Waals surface area contributed by atoms with Crippen molar-refractivity contribution in [1.29, 1.82) is 0 Å². The van der Waals surface area contributed by atoms with E-state index < -0.39 is 0 Å². The van der Waals surface area contributed by atoms with E-state index in [0.29, 0.717) is 12.2 Å². The zero-order chi connectivity index (χ0) is 12.4. The number of fused-ring (bicyclic) bond motifs is 2. The predicted octanol–water partition coefficient (Wildman–Crippen LogP) is 1.72. The third kappa shape index (κ3) is 2.65. The lowest BCUT2D eigenvalue weighted by Crippen LogP contribution is -2.42. The Morgan fingerprint density at radius 2 is 2.17 bits per heavy atom. The fourth-order valence-electron chi connectivity index (χ4n) is 2.72. The molecule has 2 atom stereocenters. The first-order valence-electron chi connectivity index (χ1n) is 6.78. The van der Waals surface area contributed by atoms with Gasteiger partial charge < -0.3 is 10.1 Å². The molecule has 2 aliphatic heterocycles. The van der Waals surface area contributed by atoms with Crippen molar-refractivity contribution in [2.45, 2.75) is 44.9 Å². The van der Waals surface area contributed by atoms with Gasteiger partial charge >= 0.3 is 0 Å². The molecule has 3 rings (SSSR count). The van der Waals surface area contributed by atoms with Gasteiger partial charge in [-0.25, -0.2) is 0 Å². The van der Waals surface area contributed by atoms with Crippen LogP contribution in [0.4, 0.5) is 5.00 Å². The topological polar surface area (TPSA) is 50.3 Å². The average Bonchev–Trinajstić information content (AvgIpc) is 2.94. The van der Waals surface area contributed by atoms with Crippen LogP contribution in [0.25, 0.3) is 0 Å². The van der Waals surface area contributed by atoms with Crippen LogP contribution in [0.3, 0.4) is 0 Å². The summed E-state index contributed by atoms with van der Waals surface area (Å²) in [6, 6.07) is 0. The fraction of sp³-hybridized carbons (Fsp3) is 0.833. The Kier molecular flexibility index (Phi) is 3.77. The number of rotatable bonds is 5. The molecule has 6 heteroatoms. The summed E-state index contributed by atoms with van der Waals surface area (Å²) < 4.78 is 9.92. The van der Waals surface area contributed by atoms with Gasteiger partial charge in [0.25, 0.3) is 0 Å². The van der Waals surface area contributed by atoms with Crippen molar-refractivity contribution < 1.29 is 4.74 Å². The summed E-state index contributed by atoms with van der Waals surface area (Å²) in [5.74, 6) is 0. The Morgan fingerprint density at radius 3 is 2.89 bits per heavy atom. The Morgan fingerprint density at radius 1 is 1.39 bits per heavy atom. The van der Waals surface area contributed by atoms with Crippen LogP contribution >= 0.6 is 11.5 Å². The summed E-state index contributed by atoms with van der Waals surface area (Å²) in [4.78, 5) is 2.46. The van der Waals surface area contributed by atoms with Gasteiger partial charge in [-0.05, 0) is 19.3 Å². The molecule has 0 spiro atoms. The van der Waals surface area contributed by atoms with Gasteiger partial charge in [0.15, 0.2) is 0 Å². The maximum Gasteiger partial charge on any atom is 0.134 e. The first kappa shape index (κ1) is 12.3. The van der Waals surface area contributed by atoms with Crippen molar-refractivity contribution >= 4 is 16.5 Å². The first-order chi connectivity index (χ1) is 8.85. The molecule has 100 valence electrons. The number of likely N-dealkylation sites (tertiary alicyclic amines) is 1. The number of aromatic nitrogens is 2. The molecule has 2 unspecified atom stereocenters. The maximum atomic E-state index is 5.85. The van der Waals surface area contributed by atoms with Crippen molar-refractivity contribution in [2.24, 2.45) is 0 Å². The number of hydrogen-bond donors (Lipinski definition) is 1. The number of hydrogen-bond acceptors (Lipinski definition) is 6. The Hall–Kier alpha value is -0.720. The molecule has 3 heterocycles. The van der Waals surface area contributed by atoms with Gasteiger partial charge in [-0.3, -0.25) is 4.90 Å². The number of morpholine rings is 1. The fourth-order valence-corrected chi connectivity index (χ4v) is 3.32. The van der Waals surface area contributed by atoms with E-state index in [-0.39, 0.29) is 0 Å². The predicted molar refractivity (Wildman–Crippen MR) is 71.9 cm³/mol. The van der Waals surface area contributed by atoms with Crippen molar-refractivity contribution in [3.8, 4) is 0 Å². The highest BCUT2D eigenvalue weighted by atomic mass is 32.1. The second-order valence-corrected chi connectivity index (χ2v) is 5.88. The molecule has 1 aromatic heterocycles. The molecule has 0 aromatic carbocycles. The van der Waals surface area contributed by atoms with E-state index in [1.54, 1.807) is 0 Å². The second-order valence-electron chi connectivity index (χ2n) is 5.13. The summed E-state index contributed by atoms with van der Waals surface area (Å²) in [6.45, 7) is 6.15. The van der Waals surface area contributed by atoms with E-state index in [0.717, 1.165) is 43.3 Å².